The van der Waals surface area contributed by atoms with Gasteiger partial charge in [-0.1, -0.05) is 18.6 Å². The van der Waals surface area contributed by atoms with Crippen molar-refractivity contribution in [1.82, 2.24) is 9.88 Å². The number of amides is 1. The Labute approximate surface area is 164 Å². The number of nitrogens with zero attached hydrogens (tertiary/aromatic N) is 2. The van der Waals surface area contributed by atoms with Crippen LogP contribution in [0.25, 0.3) is 11.3 Å². The number of methoxy groups -OCH3 is 1. The molecule has 0 radical (unpaired) electrons. The van der Waals surface area contributed by atoms with Crippen LogP contribution in [-0.2, 0) is 0 Å². The number of piperidine rings is 1. The van der Waals surface area contributed by atoms with Crippen LogP contribution in [0.3, 0.4) is 0 Å². The molecule has 2 fully saturated rings. The number of ether oxygens (including phenoxy) is 1. The van der Waals surface area contributed by atoms with Gasteiger partial charge in [0.25, 0.3) is 5.91 Å². The number of hydrogen-bond donors (Lipinski definition) is 1. The average Bonchev–Trinajstić information content (AvgIpc) is 2.72. The first kappa shape index (κ1) is 18.5. The normalized spacial score (nSPS) is 21.2. The third kappa shape index (κ3) is 3.59. The van der Waals surface area contributed by atoms with Crippen molar-refractivity contribution in [3.63, 3.8) is 0 Å². The van der Waals surface area contributed by atoms with E-state index in [-0.39, 0.29) is 11.6 Å². The van der Waals surface area contributed by atoms with Crippen molar-refractivity contribution in [1.29, 1.82) is 0 Å². The molecule has 2 aliphatic rings. The number of hydrogen-bond acceptors (Lipinski definition) is 4. The number of likely N-dealkylation sites (tertiary alicyclic amines) is 1. The molecule has 2 heterocycles. The van der Waals surface area contributed by atoms with E-state index >= 15 is 0 Å². The monoisotopic (exact) mass is 380 g/mol. The molecule has 1 aromatic carbocycles. The van der Waals surface area contributed by atoms with Crippen molar-refractivity contribution in [2.75, 3.05) is 20.2 Å². The number of benzene rings is 1. The van der Waals surface area contributed by atoms with Gasteiger partial charge in [-0.15, -0.1) is 0 Å². The third-order valence-corrected chi connectivity index (χ3v) is 5.82. The van der Waals surface area contributed by atoms with Gasteiger partial charge in [0.1, 0.15) is 17.1 Å². The van der Waals surface area contributed by atoms with E-state index in [0.29, 0.717) is 34.4 Å². The largest absolute Gasteiger partial charge is 0.494 e. The van der Waals surface area contributed by atoms with Crippen molar-refractivity contribution < 1.29 is 19.4 Å². The molecule has 1 amide bonds. The van der Waals surface area contributed by atoms with Crippen molar-refractivity contribution in [3.05, 3.63) is 47.7 Å². The number of carbonyl (C=O) groups is 2. The van der Waals surface area contributed by atoms with Gasteiger partial charge in [-0.2, -0.15) is 0 Å². The lowest BCUT2D eigenvalue weighted by Gasteiger charge is -2.41. The van der Waals surface area contributed by atoms with Gasteiger partial charge in [0.15, 0.2) is 0 Å². The Bertz CT molecular complexity index is 899. The average molecular weight is 380 g/mol. The summed E-state index contributed by atoms with van der Waals surface area (Å²) in [7, 11) is 1.52. The van der Waals surface area contributed by atoms with Crippen LogP contribution >= 0.6 is 0 Å². The second-order valence-electron chi connectivity index (χ2n) is 7.74. The Morgan fingerprint density at radius 1 is 1.14 bits per heavy atom. The summed E-state index contributed by atoms with van der Waals surface area (Å²) in [6.07, 6.45) is 4.94. The maximum atomic E-state index is 13.1. The van der Waals surface area contributed by atoms with Crippen LogP contribution in [0.4, 0.5) is 0 Å². The molecule has 0 unspecified atom stereocenters. The van der Waals surface area contributed by atoms with Gasteiger partial charge < -0.3 is 14.7 Å². The van der Waals surface area contributed by atoms with E-state index in [1.807, 2.05) is 23.1 Å². The molecule has 28 heavy (non-hydrogen) atoms. The van der Waals surface area contributed by atoms with E-state index in [2.05, 4.69) is 4.98 Å². The van der Waals surface area contributed by atoms with Crippen LogP contribution in [0, 0.1) is 11.8 Å². The molecular weight excluding hydrogens is 356 g/mol. The minimum atomic E-state index is -1.10. The lowest BCUT2D eigenvalue weighted by Crippen LogP contribution is -2.45. The Hall–Kier alpha value is -2.89. The highest BCUT2D eigenvalue weighted by Crippen LogP contribution is 2.35. The number of aromatic carboxylic acids is 1. The van der Waals surface area contributed by atoms with Crippen LogP contribution in [0.15, 0.2) is 36.4 Å². The summed E-state index contributed by atoms with van der Waals surface area (Å²) in [4.78, 5) is 30.6. The summed E-state index contributed by atoms with van der Waals surface area (Å²) >= 11 is 0. The Morgan fingerprint density at radius 3 is 2.57 bits per heavy atom. The SMILES string of the molecule is COc1ccc(C(=O)O)nc1-c1cccc(C(=O)N2C[C@H]3CCC[C@@H](C3)C2)c1. The molecule has 1 saturated heterocycles. The van der Waals surface area contributed by atoms with Gasteiger partial charge in [-0.3, -0.25) is 4.79 Å². The van der Waals surface area contributed by atoms with E-state index in [4.69, 9.17) is 4.74 Å². The molecule has 1 aliphatic carbocycles. The highest BCUT2D eigenvalue weighted by molar-refractivity contribution is 5.96. The van der Waals surface area contributed by atoms with Crippen LogP contribution in [0.5, 0.6) is 5.75 Å². The van der Waals surface area contributed by atoms with E-state index in [1.54, 1.807) is 12.1 Å². The fourth-order valence-electron chi connectivity index (χ4n) is 4.52. The third-order valence-electron chi connectivity index (χ3n) is 5.82. The molecule has 2 aromatic rings. The quantitative estimate of drug-likeness (QED) is 0.874. The van der Waals surface area contributed by atoms with E-state index in [9.17, 15) is 14.7 Å². The molecule has 0 spiro atoms. The maximum absolute atomic E-state index is 13.1. The van der Waals surface area contributed by atoms with Crippen molar-refractivity contribution in [3.8, 4) is 17.0 Å². The maximum Gasteiger partial charge on any atom is 0.354 e. The van der Waals surface area contributed by atoms with Crippen molar-refractivity contribution in [2.24, 2.45) is 11.8 Å². The van der Waals surface area contributed by atoms with Gasteiger partial charge in [0.05, 0.1) is 7.11 Å². The topological polar surface area (TPSA) is 79.7 Å². The molecule has 4 rings (SSSR count). The summed E-state index contributed by atoms with van der Waals surface area (Å²) < 4.78 is 5.35. The van der Waals surface area contributed by atoms with E-state index in [0.717, 1.165) is 13.1 Å². The molecule has 6 nitrogen and oxygen atoms in total. The standard InChI is InChI=1S/C22H24N2O4/c1-28-19-9-8-18(22(26)27)23-20(19)16-6-3-7-17(11-16)21(25)24-12-14-4-2-5-15(10-14)13-24/h3,6-9,11,14-15H,2,4-5,10,12-13H2,1H3,(H,26,27)/t14-,15-/m0/s1. The summed E-state index contributed by atoms with van der Waals surface area (Å²) in [5.41, 5.74) is 1.63. The predicted octanol–water partition coefficient (Wildman–Crippen LogP) is 3.72. The van der Waals surface area contributed by atoms with E-state index < -0.39 is 5.97 Å². The molecule has 2 atom stereocenters. The first-order valence-electron chi connectivity index (χ1n) is 9.73. The smallest absolute Gasteiger partial charge is 0.354 e. The second kappa shape index (κ2) is 7.62. The van der Waals surface area contributed by atoms with Crippen LogP contribution in [-0.4, -0.2) is 47.1 Å². The molecule has 1 aromatic heterocycles. The lowest BCUT2D eigenvalue weighted by molar-refractivity contribution is 0.0504. The van der Waals surface area contributed by atoms with Gasteiger partial charge in [0.2, 0.25) is 0 Å². The second-order valence-corrected chi connectivity index (χ2v) is 7.74. The zero-order chi connectivity index (χ0) is 19.7. The highest BCUT2D eigenvalue weighted by atomic mass is 16.5. The zero-order valence-corrected chi connectivity index (χ0v) is 15.9. The van der Waals surface area contributed by atoms with Gasteiger partial charge in [0, 0.05) is 24.2 Å². The number of carboxylic acid groups (broad SMARTS) is 1. The molecule has 1 aliphatic heterocycles. The summed E-state index contributed by atoms with van der Waals surface area (Å²) in [5.74, 6) is 0.646. The lowest BCUT2D eigenvalue weighted by atomic mass is 9.78. The number of rotatable bonds is 4. The minimum Gasteiger partial charge on any atom is -0.494 e. The van der Waals surface area contributed by atoms with Crippen molar-refractivity contribution >= 4 is 11.9 Å². The Morgan fingerprint density at radius 2 is 1.89 bits per heavy atom. The predicted molar refractivity (Wildman–Crippen MR) is 105 cm³/mol. The van der Waals surface area contributed by atoms with E-state index in [1.165, 1.54) is 38.9 Å². The molecule has 146 valence electrons. The van der Waals surface area contributed by atoms with Crippen LogP contribution in [0.1, 0.15) is 46.5 Å². The number of pyridine rings is 1. The fraction of sp³-hybridized carbons (Fsp3) is 0.409. The van der Waals surface area contributed by atoms with Gasteiger partial charge >= 0.3 is 5.97 Å². The summed E-state index contributed by atoms with van der Waals surface area (Å²) in [6.45, 7) is 1.66. The molecular formula is C22H24N2O4. The first-order chi connectivity index (χ1) is 13.5. The molecule has 1 N–H and O–H groups in total. The highest BCUT2D eigenvalue weighted by Gasteiger charge is 2.33. The first-order valence-corrected chi connectivity index (χ1v) is 9.73. The van der Waals surface area contributed by atoms with Crippen LogP contribution < -0.4 is 4.74 Å². The van der Waals surface area contributed by atoms with Gasteiger partial charge in [-0.05, 0) is 55.4 Å². The summed E-state index contributed by atoms with van der Waals surface area (Å²) in [5, 5.41) is 9.25. The number of fused-ring (bicyclic) bond motifs is 2. The zero-order valence-electron chi connectivity index (χ0n) is 15.9. The van der Waals surface area contributed by atoms with Crippen LogP contribution in [0.2, 0.25) is 0 Å². The van der Waals surface area contributed by atoms with Gasteiger partial charge in [-0.25, -0.2) is 9.78 Å². The number of carboxylic acids is 1. The molecule has 6 heteroatoms. The number of aromatic nitrogens is 1. The molecule has 1 saturated carbocycles. The number of carbonyl (C=O) groups excluding carboxylic acids is 1. The van der Waals surface area contributed by atoms with Crippen molar-refractivity contribution in [2.45, 2.75) is 25.7 Å². The molecule has 2 bridgehead atoms. The fourth-order valence-corrected chi connectivity index (χ4v) is 4.52. The Balaban J connectivity index is 1.64. The Kier molecular flexibility index (Phi) is 5.03. The minimum absolute atomic E-state index is 0.0341. The summed E-state index contributed by atoms with van der Waals surface area (Å²) in [6, 6.07) is 10.2.